The molecule has 0 N–H and O–H groups in total. The van der Waals surface area contributed by atoms with Crippen molar-refractivity contribution >= 4 is 11.6 Å². The maximum atomic E-state index is 13.6. The quantitative estimate of drug-likeness (QED) is 0.193. The van der Waals surface area contributed by atoms with Crippen LogP contribution < -0.4 is 9.47 Å². The molecule has 5 aromatic rings. The Morgan fingerprint density at radius 2 is 1.51 bits per heavy atom. The van der Waals surface area contributed by atoms with Crippen molar-refractivity contribution in [1.82, 2.24) is 14.8 Å². The highest BCUT2D eigenvalue weighted by atomic mass is 32.1. The number of ether oxygens (including phenoxy) is 2. The summed E-state index contributed by atoms with van der Waals surface area (Å²) < 4.78 is 101. The number of oxazole rings is 1. The van der Waals surface area contributed by atoms with Gasteiger partial charge in [0.05, 0.1) is 5.69 Å². The van der Waals surface area contributed by atoms with Gasteiger partial charge in [-0.05, 0) is 61.4 Å². The van der Waals surface area contributed by atoms with Crippen LogP contribution in [0.15, 0.2) is 71.1 Å². The van der Waals surface area contributed by atoms with Gasteiger partial charge < -0.3 is 13.9 Å². The summed E-state index contributed by atoms with van der Waals surface area (Å²) in [6.07, 6.45) is -8.44. The van der Waals surface area contributed by atoms with E-state index in [4.69, 9.17) is 12.8 Å². The first kappa shape index (κ1) is 29.6. The van der Waals surface area contributed by atoms with Crippen molar-refractivity contribution in [2.24, 2.45) is 0 Å². The Morgan fingerprint density at radius 1 is 0.837 bits per heavy atom. The summed E-state index contributed by atoms with van der Waals surface area (Å²) in [5.41, 5.74) is 3.30. The maximum Gasteiger partial charge on any atom is 0.586 e. The summed E-state index contributed by atoms with van der Waals surface area (Å²) in [5, 5.41) is 3.84. The van der Waals surface area contributed by atoms with Crippen LogP contribution in [-0.4, -0.2) is 29.5 Å². The third-order valence-corrected chi connectivity index (χ3v) is 6.41. The largest absolute Gasteiger partial charge is 0.586 e. The Bertz CT molecular complexity index is 1880. The highest BCUT2D eigenvalue weighted by Crippen LogP contribution is 2.45. The third kappa shape index (κ3) is 6.04. The zero-order valence-corrected chi connectivity index (χ0v) is 23.3. The van der Waals surface area contributed by atoms with Crippen molar-refractivity contribution in [3.63, 3.8) is 0 Å². The first-order chi connectivity index (χ1) is 20.3. The second-order valence-electron chi connectivity index (χ2n) is 9.49. The molecule has 0 saturated carbocycles. The summed E-state index contributed by atoms with van der Waals surface area (Å²) in [6.45, 7) is 5.08. The Kier molecular flexibility index (Phi) is 7.65. The second-order valence-corrected chi connectivity index (χ2v) is 9.63. The summed E-state index contributed by atoms with van der Waals surface area (Å²) in [5.74, 6) is 0.144. The molecule has 3 aromatic carbocycles. The van der Waals surface area contributed by atoms with Crippen LogP contribution in [0.1, 0.15) is 22.8 Å². The van der Waals surface area contributed by atoms with E-state index in [-0.39, 0.29) is 34.5 Å². The summed E-state index contributed by atoms with van der Waals surface area (Å²) in [6, 6.07) is 18.1. The lowest BCUT2D eigenvalue weighted by molar-refractivity contribution is -0.286. The van der Waals surface area contributed by atoms with Crippen LogP contribution in [0.4, 0.5) is 22.0 Å². The number of hydrogen-bond donors (Lipinski definition) is 0. The summed E-state index contributed by atoms with van der Waals surface area (Å²) in [7, 11) is 0. The van der Waals surface area contributed by atoms with E-state index in [1.54, 1.807) is 25.1 Å². The minimum atomic E-state index is -4.64. The Morgan fingerprint density at radius 3 is 2.19 bits per heavy atom. The first-order valence-corrected chi connectivity index (χ1v) is 13.1. The van der Waals surface area contributed by atoms with Gasteiger partial charge in [-0.2, -0.15) is 26.7 Å². The number of halogens is 5. The van der Waals surface area contributed by atoms with E-state index in [9.17, 15) is 22.0 Å². The number of aromatic nitrogens is 3. The van der Waals surface area contributed by atoms with E-state index in [0.29, 0.717) is 16.8 Å². The van der Waals surface area contributed by atoms with E-state index < -0.39 is 29.7 Å². The lowest BCUT2D eigenvalue weighted by Gasteiger charge is -2.14. The van der Waals surface area contributed by atoms with Gasteiger partial charge in [0, 0.05) is 23.7 Å². The molecular weight excluding hydrogens is 597 g/mol. The summed E-state index contributed by atoms with van der Waals surface area (Å²) in [4.78, 5) is 4.55. The predicted octanol–water partition coefficient (Wildman–Crippen LogP) is 7.46. The third-order valence-electron chi connectivity index (χ3n) is 6.41. The van der Waals surface area contributed by atoms with Gasteiger partial charge in [-0.15, -0.1) is 8.78 Å². The highest BCUT2D eigenvalue weighted by Gasteiger charge is 2.43. The van der Waals surface area contributed by atoms with Gasteiger partial charge in [-0.1, -0.05) is 35.9 Å². The molecule has 0 aliphatic carbocycles. The van der Waals surface area contributed by atoms with Crippen LogP contribution in [0, 0.1) is 20.8 Å². The standard InChI is InChI=1S/C29H20F5N3O3.O2S/c1-15-5-4-6-18(11-15)19-7-9-22(37-16(2)12-25(36-37)28(30,31)32)21(13-19)26-27(38-17(3)35-26)20-8-10-23-24(14-20)40-29(33,34)39-23;1-3-2/h4-14H,1-3H3;. The SMILES string of the molecule is Cc1cccc(-c2ccc(-n3nc(C(F)(F)F)cc3C)c(-c3nc(C)oc3-c3ccc4c(c3)OC(F)(F)O4)c2)c1.O=S=O. The van der Waals surface area contributed by atoms with E-state index in [0.717, 1.165) is 22.8 Å². The van der Waals surface area contributed by atoms with Crippen molar-refractivity contribution < 1.29 is 44.3 Å². The van der Waals surface area contributed by atoms with Gasteiger partial charge in [0.25, 0.3) is 0 Å². The zero-order valence-electron chi connectivity index (χ0n) is 22.5. The Hall–Kier alpha value is -4.85. The molecule has 0 radical (unpaired) electrons. The molecule has 3 heterocycles. The molecule has 8 nitrogen and oxygen atoms in total. The van der Waals surface area contributed by atoms with Gasteiger partial charge in [0.15, 0.2) is 28.8 Å². The molecule has 1 aliphatic heterocycles. The minimum absolute atomic E-state index is 0.138. The number of nitrogens with zero attached hydrogens (tertiary/aromatic N) is 3. The number of rotatable bonds is 4. The minimum Gasteiger partial charge on any atom is -0.440 e. The van der Waals surface area contributed by atoms with Crippen molar-refractivity contribution in [2.45, 2.75) is 33.2 Å². The van der Waals surface area contributed by atoms with E-state index in [1.165, 1.54) is 29.8 Å². The fraction of sp³-hybridized carbons (Fsp3) is 0.172. The van der Waals surface area contributed by atoms with Crippen LogP contribution in [0.25, 0.3) is 39.4 Å². The molecule has 1 aliphatic rings. The molecule has 6 rings (SSSR count). The zero-order chi connectivity index (χ0) is 31.1. The van der Waals surface area contributed by atoms with Crippen molar-refractivity contribution in [1.29, 1.82) is 0 Å². The monoisotopic (exact) mass is 617 g/mol. The molecule has 0 bridgehead atoms. The fourth-order valence-corrected chi connectivity index (χ4v) is 4.67. The number of hydrogen-bond acceptors (Lipinski definition) is 7. The van der Waals surface area contributed by atoms with Crippen LogP contribution in [0.5, 0.6) is 11.5 Å². The number of aryl methyl sites for hydroxylation is 3. The van der Waals surface area contributed by atoms with Gasteiger partial charge in [0.2, 0.25) is 0 Å². The Balaban J connectivity index is 0.00000118. The number of benzene rings is 3. The normalized spacial score (nSPS) is 13.4. The van der Waals surface area contributed by atoms with Crippen LogP contribution >= 0.6 is 0 Å². The number of alkyl halides is 5. The summed E-state index contributed by atoms with van der Waals surface area (Å²) >= 11 is -0.750. The average Bonchev–Trinajstić information content (AvgIpc) is 3.61. The first-order valence-electron chi connectivity index (χ1n) is 12.4. The van der Waals surface area contributed by atoms with Gasteiger partial charge in [0.1, 0.15) is 5.69 Å². The molecular formula is C29H20F5N3O5S. The fourth-order valence-electron chi connectivity index (χ4n) is 4.67. The highest BCUT2D eigenvalue weighted by molar-refractivity contribution is 7.51. The van der Waals surface area contributed by atoms with Crippen molar-refractivity contribution in [3.8, 4) is 50.9 Å². The lowest BCUT2D eigenvalue weighted by Crippen LogP contribution is -2.25. The molecule has 2 aromatic heterocycles. The molecule has 0 atom stereocenters. The van der Waals surface area contributed by atoms with Gasteiger partial charge >= 0.3 is 24.0 Å². The molecule has 222 valence electrons. The van der Waals surface area contributed by atoms with Crippen molar-refractivity contribution in [2.75, 3.05) is 0 Å². The van der Waals surface area contributed by atoms with E-state index >= 15 is 0 Å². The molecule has 0 fully saturated rings. The van der Waals surface area contributed by atoms with Crippen molar-refractivity contribution in [3.05, 3.63) is 89.6 Å². The maximum absolute atomic E-state index is 13.6. The van der Waals surface area contributed by atoms with Crippen LogP contribution in [0.3, 0.4) is 0 Å². The Labute approximate surface area is 244 Å². The molecule has 43 heavy (non-hydrogen) atoms. The second kappa shape index (κ2) is 11.1. The van der Waals surface area contributed by atoms with Crippen LogP contribution in [0.2, 0.25) is 0 Å². The molecule has 0 amide bonds. The lowest BCUT2D eigenvalue weighted by atomic mass is 9.97. The topological polar surface area (TPSA) is 96.4 Å². The van der Waals surface area contributed by atoms with E-state index in [2.05, 4.69) is 19.6 Å². The van der Waals surface area contributed by atoms with E-state index in [1.807, 2.05) is 31.2 Å². The van der Waals surface area contributed by atoms with Crippen LogP contribution in [-0.2, 0) is 17.7 Å². The smallest absolute Gasteiger partial charge is 0.440 e. The van der Waals surface area contributed by atoms with Gasteiger partial charge in [-0.3, -0.25) is 0 Å². The number of fused-ring (bicyclic) bond motifs is 1. The molecule has 0 saturated heterocycles. The molecule has 0 spiro atoms. The molecule has 14 heteroatoms. The predicted molar refractivity (Wildman–Crippen MR) is 144 cm³/mol. The molecule has 0 unspecified atom stereocenters. The van der Waals surface area contributed by atoms with Gasteiger partial charge in [-0.25, -0.2) is 9.67 Å². The average molecular weight is 618 g/mol.